The molecule has 7 heteroatoms. The van der Waals surface area contributed by atoms with Gasteiger partial charge in [-0.2, -0.15) is 0 Å². The molecule has 142 valence electrons. The highest BCUT2D eigenvalue weighted by atomic mass is 16.5. The van der Waals surface area contributed by atoms with Gasteiger partial charge in [0, 0.05) is 32.0 Å². The number of aromatic nitrogens is 2. The maximum Gasteiger partial charge on any atom is 0.253 e. The Hall–Kier alpha value is -2.83. The number of piperidine rings is 1. The lowest BCUT2D eigenvalue weighted by Gasteiger charge is -2.34. The lowest BCUT2D eigenvalue weighted by molar-refractivity contribution is 0.0965. The number of nitrogens with zero attached hydrogens (tertiary/aromatic N) is 3. The van der Waals surface area contributed by atoms with Crippen LogP contribution >= 0.6 is 0 Å². The molecule has 1 N–H and O–H groups in total. The van der Waals surface area contributed by atoms with E-state index in [0.717, 1.165) is 60.7 Å². The zero-order valence-corrected chi connectivity index (χ0v) is 15.7. The summed E-state index contributed by atoms with van der Waals surface area (Å²) in [5, 5.41) is 2.85. The van der Waals surface area contributed by atoms with Crippen molar-refractivity contribution in [1.29, 1.82) is 0 Å². The molecular weight excluding hydrogens is 344 g/mol. The Kier molecular flexibility index (Phi) is 4.83. The van der Waals surface area contributed by atoms with Gasteiger partial charge in [-0.25, -0.2) is 9.97 Å². The summed E-state index contributed by atoms with van der Waals surface area (Å²) in [6, 6.07) is 5.70. The summed E-state index contributed by atoms with van der Waals surface area (Å²) < 4.78 is 11.1. The molecule has 1 fully saturated rings. The Balaban J connectivity index is 1.42. The van der Waals surface area contributed by atoms with Crippen molar-refractivity contribution in [3.8, 4) is 11.6 Å². The van der Waals surface area contributed by atoms with Gasteiger partial charge in [0.2, 0.25) is 5.88 Å². The predicted molar refractivity (Wildman–Crippen MR) is 101 cm³/mol. The predicted octanol–water partition coefficient (Wildman–Crippen LogP) is 2.34. The number of nitrogens with one attached hydrogen (secondary N) is 1. The van der Waals surface area contributed by atoms with Crippen LogP contribution in [0.15, 0.2) is 24.4 Å². The van der Waals surface area contributed by atoms with Gasteiger partial charge in [0.05, 0.1) is 31.1 Å². The third-order valence-electron chi connectivity index (χ3n) is 5.16. The lowest BCUT2D eigenvalue weighted by Crippen LogP contribution is -2.39. The van der Waals surface area contributed by atoms with Crippen LogP contribution in [0.25, 0.3) is 0 Å². The summed E-state index contributed by atoms with van der Waals surface area (Å²) in [5.41, 5.74) is 2.71. The second-order valence-electron chi connectivity index (χ2n) is 6.84. The molecule has 0 aromatic carbocycles. The number of pyridine rings is 2. The Morgan fingerprint density at radius 1 is 1.30 bits per heavy atom. The van der Waals surface area contributed by atoms with Gasteiger partial charge in [-0.05, 0) is 24.1 Å². The Labute approximate surface area is 158 Å². The largest absolute Gasteiger partial charge is 0.489 e. The smallest absolute Gasteiger partial charge is 0.253 e. The fourth-order valence-electron chi connectivity index (χ4n) is 3.64. The molecule has 0 spiro atoms. The van der Waals surface area contributed by atoms with E-state index in [-0.39, 0.29) is 12.0 Å². The SMILES string of the molecule is CCc1cc2c(nc1N1CCC(Oc3ccc(OC)nc3)CC1)CNC2=O. The molecule has 2 aromatic rings. The third-order valence-corrected chi connectivity index (χ3v) is 5.16. The van der Waals surface area contributed by atoms with Gasteiger partial charge in [0.1, 0.15) is 17.7 Å². The molecule has 7 nitrogen and oxygen atoms in total. The van der Waals surface area contributed by atoms with Crippen LogP contribution in [-0.4, -0.2) is 42.2 Å². The highest BCUT2D eigenvalue weighted by Gasteiger charge is 2.27. The Bertz CT molecular complexity index is 830. The summed E-state index contributed by atoms with van der Waals surface area (Å²) in [6.45, 7) is 4.39. The maximum atomic E-state index is 11.9. The Morgan fingerprint density at radius 2 is 2.11 bits per heavy atom. The minimum absolute atomic E-state index is 0.0149. The van der Waals surface area contributed by atoms with Crippen LogP contribution in [0.4, 0.5) is 5.82 Å². The number of fused-ring (bicyclic) bond motifs is 1. The standard InChI is InChI=1S/C20H24N4O3/c1-3-13-10-16-17(12-22-20(16)25)23-19(13)24-8-6-14(7-9-24)27-15-4-5-18(26-2)21-11-15/h4-5,10-11,14H,3,6-9,12H2,1-2H3,(H,22,25). The minimum Gasteiger partial charge on any atom is -0.489 e. The quantitative estimate of drug-likeness (QED) is 0.873. The zero-order chi connectivity index (χ0) is 18.8. The highest BCUT2D eigenvalue weighted by molar-refractivity contribution is 5.98. The number of rotatable bonds is 5. The molecule has 0 radical (unpaired) electrons. The lowest BCUT2D eigenvalue weighted by atomic mass is 10.0. The van der Waals surface area contributed by atoms with Crippen LogP contribution in [-0.2, 0) is 13.0 Å². The van der Waals surface area contributed by atoms with E-state index < -0.39 is 0 Å². The fraction of sp³-hybridized carbons (Fsp3) is 0.450. The van der Waals surface area contributed by atoms with Gasteiger partial charge in [-0.1, -0.05) is 6.92 Å². The number of hydrogen-bond acceptors (Lipinski definition) is 6. The molecular formula is C20H24N4O3. The van der Waals surface area contributed by atoms with Crippen molar-refractivity contribution in [3.63, 3.8) is 0 Å². The van der Waals surface area contributed by atoms with Gasteiger partial charge in [0.15, 0.2) is 0 Å². The van der Waals surface area contributed by atoms with Crippen LogP contribution in [0.3, 0.4) is 0 Å². The first-order valence-electron chi connectivity index (χ1n) is 9.40. The monoisotopic (exact) mass is 368 g/mol. The first kappa shape index (κ1) is 17.6. The molecule has 0 bridgehead atoms. The van der Waals surface area contributed by atoms with E-state index in [1.807, 2.05) is 18.2 Å². The molecule has 4 rings (SSSR count). The van der Waals surface area contributed by atoms with Crippen LogP contribution < -0.4 is 19.7 Å². The molecule has 4 heterocycles. The van der Waals surface area contributed by atoms with Crippen molar-refractivity contribution < 1.29 is 14.3 Å². The van der Waals surface area contributed by atoms with E-state index in [0.29, 0.717) is 12.4 Å². The molecule has 0 aliphatic carbocycles. The summed E-state index contributed by atoms with van der Waals surface area (Å²) in [7, 11) is 1.60. The molecule has 1 amide bonds. The van der Waals surface area contributed by atoms with E-state index >= 15 is 0 Å². The average Bonchev–Trinajstić information content (AvgIpc) is 3.08. The van der Waals surface area contributed by atoms with Crippen LogP contribution in [0.1, 0.15) is 41.4 Å². The van der Waals surface area contributed by atoms with E-state index in [1.165, 1.54) is 0 Å². The van der Waals surface area contributed by atoms with Gasteiger partial charge in [0.25, 0.3) is 5.91 Å². The van der Waals surface area contributed by atoms with Crippen molar-refractivity contribution >= 4 is 11.7 Å². The molecule has 2 aliphatic heterocycles. The number of aryl methyl sites for hydroxylation is 1. The summed E-state index contributed by atoms with van der Waals surface area (Å²) in [6.07, 6.45) is 4.57. The normalized spacial score (nSPS) is 16.8. The van der Waals surface area contributed by atoms with Gasteiger partial charge >= 0.3 is 0 Å². The topological polar surface area (TPSA) is 76.6 Å². The number of carbonyl (C=O) groups excluding carboxylic acids is 1. The number of ether oxygens (including phenoxy) is 2. The van der Waals surface area contributed by atoms with Crippen molar-refractivity contribution in [2.45, 2.75) is 38.8 Å². The highest BCUT2D eigenvalue weighted by Crippen LogP contribution is 2.28. The number of carbonyl (C=O) groups is 1. The first-order chi connectivity index (χ1) is 13.2. The first-order valence-corrected chi connectivity index (χ1v) is 9.40. The molecule has 27 heavy (non-hydrogen) atoms. The fourth-order valence-corrected chi connectivity index (χ4v) is 3.64. The summed E-state index contributed by atoms with van der Waals surface area (Å²) >= 11 is 0. The number of methoxy groups -OCH3 is 1. The molecule has 0 saturated carbocycles. The Morgan fingerprint density at radius 3 is 2.78 bits per heavy atom. The second kappa shape index (κ2) is 7.42. The molecule has 0 atom stereocenters. The van der Waals surface area contributed by atoms with E-state index in [2.05, 4.69) is 22.1 Å². The zero-order valence-electron chi connectivity index (χ0n) is 15.7. The van der Waals surface area contributed by atoms with Crippen LogP contribution in [0.2, 0.25) is 0 Å². The number of hydrogen-bond donors (Lipinski definition) is 1. The summed E-state index contributed by atoms with van der Waals surface area (Å²) in [4.78, 5) is 23.2. The van der Waals surface area contributed by atoms with Crippen molar-refractivity contribution in [3.05, 3.63) is 41.2 Å². The maximum absolute atomic E-state index is 11.9. The molecule has 1 saturated heterocycles. The van der Waals surface area contributed by atoms with Crippen molar-refractivity contribution in [1.82, 2.24) is 15.3 Å². The van der Waals surface area contributed by atoms with E-state index in [4.69, 9.17) is 14.5 Å². The van der Waals surface area contributed by atoms with E-state index in [1.54, 1.807) is 13.3 Å². The van der Waals surface area contributed by atoms with Crippen molar-refractivity contribution in [2.24, 2.45) is 0 Å². The molecule has 2 aliphatic rings. The van der Waals surface area contributed by atoms with Crippen molar-refractivity contribution in [2.75, 3.05) is 25.1 Å². The number of anilines is 1. The van der Waals surface area contributed by atoms with Gasteiger partial charge in [-0.3, -0.25) is 4.79 Å². The summed E-state index contributed by atoms with van der Waals surface area (Å²) in [5.74, 6) is 2.35. The van der Waals surface area contributed by atoms with Crippen LogP contribution in [0.5, 0.6) is 11.6 Å². The van der Waals surface area contributed by atoms with Gasteiger partial charge < -0.3 is 19.7 Å². The van der Waals surface area contributed by atoms with E-state index in [9.17, 15) is 4.79 Å². The third kappa shape index (κ3) is 3.54. The molecule has 2 aromatic heterocycles. The minimum atomic E-state index is -0.0149. The second-order valence-corrected chi connectivity index (χ2v) is 6.84. The van der Waals surface area contributed by atoms with Gasteiger partial charge in [-0.15, -0.1) is 0 Å². The average molecular weight is 368 g/mol. The van der Waals surface area contributed by atoms with Crippen LogP contribution in [0, 0.1) is 0 Å². The number of amides is 1. The molecule has 0 unspecified atom stereocenters.